The normalized spacial score (nSPS) is 11.0. The van der Waals surface area contributed by atoms with E-state index in [1.165, 1.54) is 20.5 Å². The highest BCUT2D eigenvalue weighted by atomic mass is 35.5. The lowest BCUT2D eigenvalue weighted by atomic mass is 10.2. The quantitative estimate of drug-likeness (QED) is 0.469. The van der Waals surface area contributed by atoms with Crippen LogP contribution in [0.25, 0.3) is 11.0 Å². The molecule has 0 aliphatic rings. The first-order valence-electron chi connectivity index (χ1n) is 9.29. The van der Waals surface area contributed by atoms with E-state index in [-0.39, 0.29) is 19.0 Å². The highest BCUT2D eigenvalue weighted by molar-refractivity contribution is 7.09. The van der Waals surface area contributed by atoms with Crippen LogP contribution in [0.1, 0.15) is 10.4 Å². The van der Waals surface area contributed by atoms with E-state index in [1.807, 2.05) is 29.6 Å². The van der Waals surface area contributed by atoms with Crippen molar-refractivity contribution in [2.24, 2.45) is 0 Å². The number of fused-ring (bicyclic) bond motifs is 1. The van der Waals surface area contributed by atoms with E-state index in [0.717, 1.165) is 10.4 Å². The molecule has 0 atom stereocenters. The maximum Gasteiger partial charge on any atom is 0.317 e. The molecule has 0 radical (unpaired) electrons. The first-order valence-corrected chi connectivity index (χ1v) is 10.5. The number of halogens is 1. The third-order valence-electron chi connectivity index (χ3n) is 4.73. The summed E-state index contributed by atoms with van der Waals surface area (Å²) in [6.45, 7) is 0.399. The maximum absolute atomic E-state index is 12.9. The Labute approximate surface area is 181 Å². The topological polar surface area (TPSA) is 73.1 Å². The van der Waals surface area contributed by atoms with Crippen LogP contribution in [0.3, 0.4) is 0 Å². The summed E-state index contributed by atoms with van der Waals surface area (Å²) in [4.78, 5) is 39.2. The molecule has 1 amide bonds. The lowest BCUT2D eigenvalue weighted by Gasteiger charge is -2.15. The zero-order valence-corrected chi connectivity index (χ0v) is 17.4. The van der Waals surface area contributed by atoms with Crippen molar-refractivity contribution in [3.63, 3.8) is 0 Å². The molecule has 2 aromatic carbocycles. The third-order valence-corrected chi connectivity index (χ3v) is 5.86. The molecule has 0 saturated heterocycles. The molecular formula is C22H18ClN3O3S. The monoisotopic (exact) mass is 439 g/mol. The van der Waals surface area contributed by atoms with E-state index in [4.69, 9.17) is 11.6 Å². The van der Waals surface area contributed by atoms with Gasteiger partial charge in [-0.25, -0.2) is 0 Å². The number of carbonyl (C=O) groups excluding carboxylic acids is 1. The number of para-hydroxylation sites is 2. The van der Waals surface area contributed by atoms with Crippen LogP contribution >= 0.6 is 22.9 Å². The molecule has 1 N–H and O–H groups in total. The van der Waals surface area contributed by atoms with Crippen LogP contribution in [0.4, 0.5) is 0 Å². The highest BCUT2D eigenvalue weighted by Gasteiger charge is 2.15. The molecule has 152 valence electrons. The molecule has 0 bridgehead atoms. The molecule has 2 heterocycles. The molecule has 0 saturated carbocycles. The summed E-state index contributed by atoms with van der Waals surface area (Å²) in [5.74, 6) is -0.328. The lowest BCUT2D eigenvalue weighted by Crippen LogP contribution is -2.44. The van der Waals surface area contributed by atoms with E-state index in [0.29, 0.717) is 22.6 Å². The Morgan fingerprint density at radius 2 is 1.57 bits per heavy atom. The Morgan fingerprint density at radius 3 is 2.23 bits per heavy atom. The molecule has 6 nitrogen and oxygen atoms in total. The fourth-order valence-electron chi connectivity index (χ4n) is 3.26. The van der Waals surface area contributed by atoms with Crippen molar-refractivity contribution in [1.29, 1.82) is 0 Å². The number of benzene rings is 2. The number of nitrogens with zero attached hydrogens (tertiary/aromatic N) is 2. The van der Waals surface area contributed by atoms with Crippen LogP contribution in [0.2, 0.25) is 5.02 Å². The molecule has 0 aliphatic heterocycles. The summed E-state index contributed by atoms with van der Waals surface area (Å²) >= 11 is 7.47. The van der Waals surface area contributed by atoms with Crippen molar-refractivity contribution in [1.82, 2.24) is 14.5 Å². The number of carbonyl (C=O) groups is 1. The summed E-state index contributed by atoms with van der Waals surface area (Å²) in [7, 11) is 0. The van der Waals surface area contributed by atoms with E-state index < -0.39 is 11.1 Å². The van der Waals surface area contributed by atoms with Crippen LogP contribution < -0.4 is 16.4 Å². The average Bonchev–Trinajstić information content (AvgIpc) is 3.28. The SMILES string of the molecule is O=C(Cn1c(=O)c(=O)n(Cc2ccc(Cl)cc2)c2ccccc21)NCc1cccs1. The largest absolute Gasteiger partial charge is 0.350 e. The minimum absolute atomic E-state index is 0.220. The minimum Gasteiger partial charge on any atom is -0.350 e. The van der Waals surface area contributed by atoms with Crippen molar-refractivity contribution >= 4 is 39.9 Å². The van der Waals surface area contributed by atoms with Gasteiger partial charge < -0.3 is 5.32 Å². The predicted molar refractivity (Wildman–Crippen MR) is 119 cm³/mol. The van der Waals surface area contributed by atoms with E-state index >= 15 is 0 Å². The van der Waals surface area contributed by atoms with Gasteiger partial charge in [0.05, 0.1) is 24.1 Å². The van der Waals surface area contributed by atoms with Gasteiger partial charge in [-0.05, 0) is 41.3 Å². The molecule has 0 spiro atoms. The van der Waals surface area contributed by atoms with Gasteiger partial charge in [0.2, 0.25) is 5.91 Å². The van der Waals surface area contributed by atoms with Gasteiger partial charge in [-0.3, -0.25) is 23.5 Å². The van der Waals surface area contributed by atoms with Gasteiger partial charge in [0.15, 0.2) is 0 Å². The molecule has 0 unspecified atom stereocenters. The predicted octanol–water partition coefficient (Wildman–Crippen LogP) is 3.24. The summed E-state index contributed by atoms with van der Waals surface area (Å²) in [6.07, 6.45) is 0. The van der Waals surface area contributed by atoms with Crippen LogP contribution in [-0.2, 0) is 24.4 Å². The van der Waals surface area contributed by atoms with Crippen LogP contribution in [0.15, 0.2) is 75.6 Å². The maximum atomic E-state index is 12.9. The molecule has 8 heteroatoms. The zero-order chi connectivity index (χ0) is 21.1. The number of amides is 1. The van der Waals surface area contributed by atoms with Gasteiger partial charge in [0, 0.05) is 9.90 Å². The Morgan fingerprint density at radius 1 is 0.900 bits per heavy atom. The second-order valence-electron chi connectivity index (χ2n) is 6.75. The number of aromatic nitrogens is 2. The van der Waals surface area contributed by atoms with Crippen molar-refractivity contribution in [3.05, 3.63) is 102 Å². The molecule has 0 fully saturated rings. The van der Waals surface area contributed by atoms with Crippen LogP contribution in [0, 0.1) is 0 Å². The van der Waals surface area contributed by atoms with E-state index in [9.17, 15) is 14.4 Å². The standard InChI is InChI=1S/C22H18ClN3O3S/c23-16-9-7-15(8-10-16)13-25-18-5-1-2-6-19(18)26(22(29)21(25)28)14-20(27)24-12-17-4-3-11-30-17/h1-11H,12-14H2,(H,24,27). The Bertz CT molecular complexity index is 1310. The Balaban J connectivity index is 1.68. The Hall–Kier alpha value is -3.16. The second-order valence-corrected chi connectivity index (χ2v) is 8.22. The molecule has 4 aromatic rings. The van der Waals surface area contributed by atoms with Crippen LogP contribution in [-0.4, -0.2) is 15.0 Å². The summed E-state index contributed by atoms with van der Waals surface area (Å²) in [6, 6.07) is 18.0. The number of hydrogen-bond acceptors (Lipinski definition) is 4. The van der Waals surface area contributed by atoms with Gasteiger partial charge in [-0.2, -0.15) is 0 Å². The highest BCUT2D eigenvalue weighted by Crippen LogP contribution is 2.14. The zero-order valence-electron chi connectivity index (χ0n) is 15.9. The molecule has 4 rings (SSSR count). The van der Waals surface area contributed by atoms with Crippen molar-refractivity contribution in [3.8, 4) is 0 Å². The summed E-state index contributed by atoms with van der Waals surface area (Å²) in [5.41, 5.74) is 0.562. The minimum atomic E-state index is -0.728. The lowest BCUT2D eigenvalue weighted by molar-refractivity contribution is -0.121. The van der Waals surface area contributed by atoms with Gasteiger partial charge in [0.1, 0.15) is 6.54 Å². The van der Waals surface area contributed by atoms with Crippen molar-refractivity contribution in [2.75, 3.05) is 0 Å². The van der Waals surface area contributed by atoms with E-state index in [1.54, 1.807) is 36.4 Å². The molecule has 2 aromatic heterocycles. The molecular weight excluding hydrogens is 422 g/mol. The van der Waals surface area contributed by atoms with Crippen molar-refractivity contribution in [2.45, 2.75) is 19.6 Å². The number of hydrogen-bond donors (Lipinski definition) is 1. The van der Waals surface area contributed by atoms with Crippen molar-refractivity contribution < 1.29 is 4.79 Å². The molecule has 30 heavy (non-hydrogen) atoms. The number of nitrogens with one attached hydrogen (secondary N) is 1. The van der Waals surface area contributed by atoms with Gasteiger partial charge in [0.25, 0.3) is 0 Å². The fourth-order valence-corrected chi connectivity index (χ4v) is 4.03. The van der Waals surface area contributed by atoms with Gasteiger partial charge >= 0.3 is 11.1 Å². The van der Waals surface area contributed by atoms with E-state index in [2.05, 4.69) is 5.32 Å². The molecule has 0 aliphatic carbocycles. The fraction of sp³-hybridized carbons (Fsp3) is 0.136. The third kappa shape index (κ3) is 4.22. The van der Waals surface area contributed by atoms with Gasteiger partial charge in [-0.1, -0.05) is 41.9 Å². The smallest absolute Gasteiger partial charge is 0.317 e. The second kappa shape index (κ2) is 8.69. The summed E-state index contributed by atoms with van der Waals surface area (Å²) < 4.78 is 2.67. The first-order chi connectivity index (χ1) is 14.5. The van der Waals surface area contributed by atoms with Crippen LogP contribution in [0.5, 0.6) is 0 Å². The average molecular weight is 440 g/mol. The summed E-state index contributed by atoms with van der Waals surface area (Å²) in [5, 5.41) is 5.32. The number of thiophene rings is 1. The van der Waals surface area contributed by atoms with Gasteiger partial charge in [-0.15, -0.1) is 11.3 Å². The Kier molecular flexibility index (Phi) is 5.83. The number of rotatable bonds is 6. The first kappa shape index (κ1) is 20.1.